The van der Waals surface area contributed by atoms with Gasteiger partial charge in [0.1, 0.15) is 6.54 Å². The number of nitrogens with zero attached hydrogens (tertiary/aromatic N) is 1. The summed E-state index contributed by atoms with van der Waals surface area (Å²) in [4.78, 5) is 9.44. The molecule has 0 unspecified atom stereocenters. The van der Waals surface area contributed by atoms with Gasteiger partial charge in [0, 0.05) is 19.0 Å². The summed E-state index contributed by atoms with van der Waals surface area (Å²) < 4.78 is 2.92. The number of carboxylic acid groups (broad SMARTS) is 1. The lowest BCUT2D eigenvalue weighted by atomic mass is 10.1. The summed E-state index contributed by atoms with van der Waals surface area (Å²) in [5.41, 5.74) is 2.19. The normalized spacial score (nSPS) is 9.70. The fraction of sp³-hybridized carbons (Fsp3) is 0.929. The van der Waals surface area contributed by atoms with Crippen LogP contribution in [0.25, 0.3) is 0 Å². The van der Waals surface area contributed by atoms with Gasteiger partial charge in [0.2, 0.25) is 0 Å². The summed E-state index contributed by atoms with van der Waals surface area (Å²) in [6.45, 7) is 2.74. The van der Waals surface area contributed by atoms with Crippen molar-refractivity contribution in [2.24, 2.45) is 4.36 Å². The van der Waals surface area contributed by atoms with Crippen LogP contribution in [0.1, 0.15) is 71.1 Å². The van der Waals surface area contributed by atoms with Gasteiger partial charge in [-0.2, -0.15) is 0 Å². The van der Waals surface area contributed by atoms with Crippen molar-refractivity contribution < 1.29 is 15.1 Å². The van der Waals surface area contributed by atoms with Crippen molar-refractivity contribution in [1.29, 1.82) is 0 Å². The molecule has 0 bridgehead atoms. The van der Waals surface area contributed by atoms with Gasteiger partial charge in [-0.3, -0.25) is 4.79 Å². The van der Waals surface area contributed by atoms with E-state index >= 15 is 0 Å². The minimum absolute atomic E-state index is 0.269. The van der Waals surface area contributed by atoms with Crippen LogP contribution in [0.2, 0.25) is 0 Å². The Bertz CT molecular complexity index is 205. The SMILES string of the molecule is CCCCCCCCCCCCNO.O=C(O)CN=S. The molecule has 0 saturated heterocycles. The van der Waals surface area contributed by atoms with Crippen molar-refractivity contribution >= 4 is 18.4 Å². The van der Waals surface area contributed by atoms with E-state index in [0.29, 0.717) is 0 Å². The maximum Gasteiger partial charge on any atom is 0.326 e. The van der Waals surface area contributed by atoms with Gasteiger partial charge in [-0.25, -0.2) is 9.84 Å². The zero-order valence-corrected chi connectivity index (χ0v) is 13.5. The minimum Gasteiger partial charge on any atom is -0.480 e. The number of aliphatic carboxylic acids is 1. The molecule has 3 N–H and O–H groups in total. The predicted octanol–water partition coefficient (Wildman–Crippen LogP) is 3.69. The molecule has 0 rings (SSSR count). The first-order valence-electron chi connectivity index (χ1n) is 7.56. The number of unbranched alkanes of at least 4 members (excludes halogenated alkanes) is 9. The second-order valence-electron chi connectivity index (χ2n) is 4.77. The third kappa shape index (κ3) is 26.1. The third-order valence-electron chi connectivity index (χ3n) is 2.84. The Kier molecular flexibility index (Phi) is 22.5. The van der Waals surface area contributed by atoms with E-state index in [-0.39, 0.29) is 6.54 Å². The number of rotatable bonds is 13. The molecule has 0 spiro atoms. The lowest BCUT2D eigenvalue weighted by molar-refractivity contribution is -0.135. The molecule has 0 amide bonds. The van der Waals surface area contributed by atoms with E-state index < -0.39 is 5.97 Å². The molecule has 0 radical (unpaired) electrons. The number of carboxylic acids is 1. The van der Waals surface area contributed by atoms with Crippen molar-refractivity contribution in [2.45, 2.75) is 71.1 Å². The molecular weight excluding hydrogens is 276 g/mol. The van der Waals surface area contributed by atoms with Crippen LogP contribution in [-0.4, -0.2) is 29.4 Å². The molecule has 0 aliphatic heterocycles. The van der Waals surface area contributed by atoms with Gasteiger partial charge in [0.05, 0.1) is 0 Å². The molecule has 0 saturated carbocycles. The predicted molar refractivity (Wildman–Crippen MR) is 83.9 cm³/mol. The summed E-state index contributed by atoms with van der Waals surface area (Å²) >= 11 is 3.97. The van der Waals surface area contributed by atoms with Crippen LogP contribution in [0, 0.1) is 0 Å². The Balaban J connectivity index is 0. The summed E-state index contributed by atoms with van der Waals surface area (Å²) in [5, 5.41) is 16.1. The quantitative estimate of drug-likeness (QED) is 0.357. The van der Waals surface area contributed by atoms with E-state index in [9.17, 15) is 4.79 Å². The molecule has 0 aromatic heterocycles. The topological polar surface area (TPSA) is 81.9 Å². The highest BCUT2D eigenvalue weighted by atomic mass is 32.1. The van der Waals surface area contributed by atoms with E-state index in [2.05, 4.69) is 29.2 Å². The molecular formula is C14H30N2O3S. The van der Waals surface area contributed by atoms with E-state index in [0.717, 1.165) is 13.0 Å². The molecule has 120 valence electrons. The van der Waals surface area contributed by atoms with Crippen LogP contribution in [0.4, 0.5) is 0 Å². The van der Waals surface area contributed by atoms with Crippen molar-refractivity contribution in [1.82, 2.24) is 5.48 Å². The van der Waals surface area contributed by atoms with Crippen molar-refractivity contribution in [3.8, 4) is 0 Å². The van der Waals surface area contributed by atoms with Gasteiger partial charge in [-0.1, -0.05) is 64.7 Å². The standard InChI is InChI=1S/C12H27NO.C2H3NO2S/c1-2-3-4-5-6-7-8-9-10-11-12-13-14;4-2(5)1-3-6/h13-14H,2-12H2,1H3;1H2,(H,4,5). The molecule has 0 fully saturated rings. The molecule has 20 heavy (non-hydrogen) atoms. The molecule has 0 aromatic carbocycles. The maximum absolute atomic E-state index is 9.44. The van der Waals surface area contributed by atoms with Crippen LogP contribution in [-0.2, 0) is 17.2 Å². The molecule has 0 atom stereocenters. The van der Waals surface area contributed by atoms with Crippen LogP contribution in [0.5, 0.6) is 0 Å². The lowest BCUT2D eigenvalue weighted by Crippen LogP contribution is -2.07. The average molecular weight is 306 g/mol. The summed E-state index contributed by atoms with van der Waals surface area (Å²) in [7, 11) is 0. The Labute approximate surface area is 128 Å². The van der Waals surface area contributed by atoms with Crippen LogP contribution >= 0.6 is 0 Å². The van der Waals surface area contributed by atoms with Crippen LogP contribution in [0.3, 0.4) is 0 Å². The van der Waals surface area contributed by atoms with Gasteiger partial charge >= 0.3 is 5.97 Å². The molecule has 0 aliphatic carbocycles. The summed E-state index contributed by atoms with van der Waals surface area (Å²) in [6, 6.07) is 0. The average Bonchev–Trinajstić information content (AvgIpc) is 2.41. The van der Waals surface area contributed by atoms with Gasteiger partial charge in [-0.15, -0.1) is 0 Å². The van der Waals surface area contributed by atoms with E-state index in [4.69, 9.17) is 10.3 Å². The highest BCUT2D eigenvalue weighted by Crippen LogP contribution is 2.09. The van der Waals surface area contributed by atoms with Crippen molar-refractivity contribution in [3.63, 3.8) is 0 Å². The first kappa shape index (κ1) is 21.7. The highest BCUT2D eigenvalue weighted by Gasteiger charge is 1.91. The highest BCUT2D eigenvalue weighted by molar-refractivity contribution is 7.47. The summed E-state index contributed by atoms with van der Waals surface area (Å²) in [5.74, 6) is -0.981. The van der Waals surface area contributed by atoms with E-state index in [1.807, 2.05) is 0 Å². The number of hydrogen-bond donors (Lipinski definition) is 3. The van der Waals surface area contributed by atoms with E-state index in [1.165, 1.54) is 57.8 Å². The van der Waals surface area contributed by atoms with Gasteiger partial charge in [-0.05, 0) is 6.42 Å². The number of carbonyl (C=O) groups is 1. The minimum atomic E-state index is -0.981. The molecule has 0 aliphatic rings. The molecule has 6 heteroatoms. The van der Waals surface area contributed by atoms with Crippen LogP contribution in [0.15, 0.2) is 4.36 Å². The Morgan fingerprint density at radius 1 is 1.00 bits per heavy atom. The Hall–Kier alpha value is -0.590. The molecule has 0 heterocycles. The number of hydroxylamine groups is 1. The molecule has 0 aromatic rings. The van der Waals surface area contributed by atoms with Gasteiger partial charge in [0.15, 0.2) is 0 Å². The monoisotopic (exact) mass is 306 g/mol. The zero-order valence-electron chi connectivity index (χ0n) is 12.6. The third-order valence-corrected chi connectivity index (χ3v) is 2.97. The van der Waals surface area contributed by atoms with Gasteiger partial charge in [0.25, 0.3) is 0 Å². The fourth-order valence-corrected chi connectivity index (χ4v) is 1.86. The smallest absolute Gasteiger partial charge is 0.326 e. The van der Waals surface area contributed by atoms with Crippen molar-refractivity contribution in [2.75, 3.05) is 13.1 Å². The number of nitrogens with one attached hydrogen (secondary N) is 1. The fourth-order valence-electron chi connectivity index (χ4n) is 1.75. The Morgan fingerprint density at radius 2 is 1.45 bits per heavy atom. The zero-order chi connectivity index (χ0) is 15.5. The lowest BCUT2D eigenvalue weighted by Gasteiger charge is -2.01. The summed E-state index contributed by atoms with van der Waals surface area (Å²) in [6.07, 6.45) is 13.5. The van der Waals surface area contributed by atoms with E-state index in [1.54, 1.807) is 0 Å². The second kappa shape index (κ2) is 20.7. The molecule has 5 nitrogen and oxygen atoms in total. The first-order chi connectivity index (χ1) is 9.68. The van der Waals surface area contributed by atoms with Crippen molar-refractivity contribution in [3.05, 3.63) is 0 Å². The first-order valence-corrected chi connectivity index (χ1v) is 7.93. The second-order valence-corrected chi connectivity index (χ2v) is 5.03. The number of hydrogen-bond acceptors (Lipinski definition) is 5. The largest absolute Gasteiger partial charge is 0.480 e. The Morgan fingerprint density at radius 3 is 1.75 bits per heavy atom. The van der Waals surface area contributed by atoms with Crippen LogP contribution < -0.4 is 5.48 Å². The maximum atomic E-state index is 9.44. The van der Waals surface area contributed by atoms with Gasteiger partial charge < -0.3 is 10.3 Å².